The van der Waals surface area contributed by atoms with Crippen LogP contribution in [0.1, 0.15) is 25.5 Å². The zero-order chi connectivity index (χ0) is 20.8. The summed E-state index contributed by atoms with van der Waals surface area (Å²) < 4.78 is 5.33. The summed E-state index contributed by atoms with van der Waals surface area (Å²) in [6.45, 7) is 7.49. The quantitative estimate of drug-likeness (QED) is 0.646. The van der Waals surface area contributed by atoms with E-state index in [2.05, 4.69) is 25.5 Å². The minimum absolute atomic E-state index is 0.0981. The molecule has 156 valence electrons. The van der Waals surface area contributed by atoms with Crippen LogP contribution in [0.3, 0.4) is 0 Å². The van der Waals surface area contributed by atoms with E-state index in [9.17, 15) is 9.59 Å². The molecular formula is C19H24ClN5O3S. The zero-order valence-electron chi connectivity index (χ0n) is 16.5. The number of carbonyl (C=O) groups is 2. The number of aryl methyl sites for hydroxylation is 1. The number of ether oxygens (including phenoxy) is 1. The zero-order valence-corrected chi connectivity index (χ0v) is 18.0. The van der Waals surface area contributed by atoms with Crippen LogP contribution in [-0.2, 0) is 14.3 Å². The third-order valence-electron chi connectivity index (χ3n) is 4.44. The number of morpholine rings is 1. The van der Waals surface area contributed by atoms with Gasteiger partial charge >= 0.3 is 0 Å². The van der Waals surface area contributed by atoms with E-state index in [0.717, 1.165) is 55.4 Å². The van der Waals surface area contributed by atoms with Gasteiger partial charge in [-0.05, 0) is 26.0 Å². The van der Waals surface area contributed by atoms with Gasteiger partial charge in [0.2, 0.25) is 11.8 Å². The third kappa shape index (κ3) is 6.20. The SMILES string of the molecule is CC(=O)Nc1nc(C)c(-c2cnc(Cl)c(NC(=O)CCCN3CCOCC3)c2)s1. The van der Waals surface area contributed by atoms with Crippen LogP contribution in [0.2, 0.25) is 5.15 Å². The van der Waals surface area contributed by atoms with Crippen LogP contribution in [0.5, 0.6) is 0 Å². The molecule has 8 nitrogen and oxygen atoms in total. The van der Waals surface area contributed by atoms with Gasteiger partial charge in [-0.3, -0.25) is 14.5 Å². The van der Waals surface area contributed by atoms with Crippen molar-refractivity contribution >= 4 is 45.6 Å². The van der Waals surface area contributed by atoms with Crippen molar-refractivity contribution in [2.45, 2.75) is 26.7 Å². The minimum Gasteiger partial charge on any atom is -0.379 e. The number of pyridine rings is 1. The van der Waals surface area contributed by atoms with E-state index >= 15 is 0 Å². The van der Waals surface area contributed by atoms with Crippen molar-refractivity contribution in [1.29, 1.82) is 0 Å². The normalized spacial score (nSPS) is 14.6. The summed E-state index contributed by atoms with van der Waals surface area (Å²) in [5.41, 5.74) is 2.02. The van der Waals surface area contributed by atoms with Gasteiger partial charge in [0.1, 0.15) is 0 Å². The second-order valence-corrected chi connectivity index (χ2v) is 8.14. The first-order valence-corrected chi connectivity index (χ1v) is 10.6. The molecule has 2 N–H and O–H groups in total. The molecule has 3 rings (SSSR count). The molecule has 2 aromatic heterocycles. The molecule has 1 saturated heterocycles. The molecule has 2 amide bonds. The van der Waals surface area contributed by atoms with Crippen molar-refractivity contribution < 1.29 is 14.3 Å². The fourth-order valence-corrected chi connectivity index (χ4v) is 4.17. The second kappa shape index (κ2) is 10.1. The highest BCUT2D eigenvalue weighted by Crippen LogP contribution is 2.35. The number of rotatable bonds is 7. The predicted octanol–water partition coefficient (Wildman–Crippen LogP) is 3.18. The Balaban J connectivity index is 1.62. The van der Waals surface area contributed by atoms with Crippen molar-refractivity contribution in [3.63, 3.8) is 0 Å². The van der Waals surface area contributed by atoms with Crippen LogP contribution in [0.25, 0.3) is 10.4 Å². The summed E-state index contributed by atoms with van der Waals surface area (Å²) in [6, 6.07) is 1.78. The minimum atomic E-state index is -0.176. The number of hydrogen-bond acceptors (Lipinski definition) is 7. The molecular weight excluding hydrogens is 414 g/mol. The summed E-state index contributed by atoms with van der Waals surface area (Å²) in [7, 11) is 0. The third-order valence-corrected chi connectivity index (χ3v) is 5.86. The van der Waals surface area contributed by atoms with E-state index in [-0.39, 0.29) is 17.0 Å². The van der Waals surface area contributed by atoms with Crippen LogP contribution in [-0.4, -0.2) is 59.5 Å². The molecule has 0 saturated carbocycles. The molecule has 10 heteroatoms. The molecule has 1 aliphatic heterocycles. The number of hydrogen-bond donors (Lipinski definition) is 2. The molecule has 0 aromatic carbocycles. The van der Waals surface area contributed by atoms with Crippen molar-refractivity contribution in [3.8, 4) is 10.4 Å². The average Bonchev–Trinajstić information content (AvgIpc) is 3.04. The number of thiazole rings is 1. The molecule has 0 radical (unpaired) electrons. The van der Waals surface area contributed by atoms with Gasteiger partial charge in [0.15, 0.2) is 10.3 Å². The fourth-order valence-electron chi connectivity index (χ4n) is 3.03. The average molecular weight is 438 g/mol. The molecule has 0 bridgehead atoms. The highest BCUT2D eigenvalue weighted by molar-refractivity contribution is 7.19. The molecule has 1 fully saturated rings. The maximum Gasteiger partial charge on any atom is 0.224 e. The standard InChI is InChI=1S/C19H24ClN5O3S/c1-12-17(29-19(22-12)23-13(2)26)14-10-15(18(20)21-11-14)24-16(27)4-3-5-25-6-8-28-9-7-25/h10-11H,3-9H2,1-2H3,(H,24,27)(H,22,23,26). The lowest BCUT2D eigenvalue weighted by atomic mass is 10.2. The lowest BCUT2D eigenvalue weighted by Gasteiger charge is -2.26. The van der Waals surface area contributed by atoms with Gasteiger partial charge in [-0.15, -0.1) is 0 Å². The Kier molecular flexibility index (Phi) is 7.54. The monoisotopic (exact) mass is 437 g/mol. The number of aromatic nitrogens is 2. The van der Waals surface area contributed by atoms with E-state index < -0.39 is 0 Å². The van der Waals surface area contributed by atoms with Gasteiger partial charge in [-0.2, -0.15) is 0 Å². The highest BCUT2D eigenvalue weighted by atomic mass is 35.5. The van der Waals surface area contributed by atoms with Crippen LogP contribution in [0.15, 0.2) is 12.3 Å². The summed E-state index contributed by atoms with van der Waals surface area (Å²) in [5.74, 6) is -0.274. The number of halogens is 1. The van der Waals surface area contributed by atoms with Gasteiger partial charge in [0.25, 0.3) is 0 Å². The maximum absolute atomic E-state index is 12.3. The van der Waals surface area contributed by atoms with E-state index in [1.54, 1.807) is 12.3 Å². The predicted molar refractivity (Wildman–Crippen MR) is 115 cm³/mol. The first kappa shape index (κ1) is 21.6. The van der Waals surface area contributed by atoms with Gasteiger partial charge in [0, 0.05) is 38.2 Å². The smallest absolute Gasteiger partial charge is 0.224 e. The van der Waals surface area contributed by atoms with E-state index in [1.807, 2.05) is 6.92 Å². The Hall–Kier alpha value is -2.07. The number of anilines is 2. The Labute approximate surface area is 178 Å². The van der Waals surface area contributed by atoms with Crippen molar-refractivity contribution in [2.24, 2.45) is 0 Å². The molecule has 0 spiro atoms. The number of carbonyl (C=O) groups excluding carboxylic acids is 2. The highest BCUT2D eigenvalue weighted by Gasteiger charge is 2.15. The van der Waals surface area contributed by atoms with E-state index in [0.29, 0.717) is 17.2 Å². The summed E-state index contributed by atoms with van der Waals surface area (Å²) >= 11 is 7.53. The number of nitrogens with one attached hydrogen (secondary N) is 2. The van der Waals surface area contributed by atoms with Crippen molar-refractivity contribution in [3.05, 3.63) is 23.1 Å². The molecule has 2 aromatic rings. The second-order valence-electron chi connectivity index (χ2n) is 6.78. The largest absolute Gasteiger partial charge is 0.379 e. The Morgan fingerprint density at radius 1 is 1.31 bits per heavy atom. The Bertz CT molecular complexity index is 883. The topological polar surface area (TPSA) is 96.4 Å². The van der Waals surface area contributed by atoms with E-state index in [1.165, 1.54) is 18.3 Å². The van der Waals surface area contributed by atoms with Gasteiger partial charge < -0.3 is 15.4 Å². The number of nitrogens with zero attached hydrogens (tertiary/aromatic N) is 3. The molecule has 1 aliphatic rings. The van der Waals surface area contributed by atoms with Gasteiger partial charge in [0.05, 0.1) is 29.5 Å². The summed E-state index contributed by atoms with van der Waals surface area (Å²) in [5, 5.41) is 6.30. The summed E-state index contributed by atoms with van der Waals surface area (Å²) in [4.78, 5) is 35.3. The lowest BCUT2D eigenvalue weighted by molar-refractivity contribution is -0.116. The number of amides is 2. The lowest BCUT2D eigenvalue weighted by Crippen LogP contribution is -2.37. The van der Waals surface area contributed by atoms with Gasteiger partial charge in [-0.25, -0.2) is 9.97 Å². The van der Waals surface area contributed by atoms with Crippen LogP contribution in [0, 0.1) is 6.92 Å². The molecule has 0 atom stereocenters. The van der Waals surface area contributed by atoms with Crippen LogP contribution >= 0.6 is 22.9 Å². The van der Waals surface area contributed by atoms with Crippen molar-refractivity contribution in [1.82, 2.24) is 14.9 Å². The Morgan fingerprint density at radius 2 is 2.07 bits per heavy atom. The molecule has 29 heavy (non-hydrogen) atoms. The fraction of sp³-hybridized carbons (Fsp3) is 0.474. The van der Waals surface area contributed by atoms with Crippen LogP contribution in [0.4, 0.5) is 10.8 Å². The van der Waals surface area contributed by atoms with Gasteiger partial charge in [-0.1, -0.05) is 22.9 Å². The summed E-state index contributed by atoms with van der Waals surface area (Å²) in [6.07, 6.45) is 2.81. The first-order chi connectivity index (χ1) is 13.9. The molecule has 0 unspecified atom stereocenters. The van der Waals surface area contributed by atoms with Crippen molar-refractivity contribution in [2.75, 3.05) is 43.5 Å². The van der Waals surface area contributed by atoms with Crippen LogP contribution < -0.4 is 10.6 Å². The maximum atomic E-state index is 12.3. The van der Waals surface area contributed by atoms with E-state index in [4.69, 9.17) is 16.3 Å². The Morgan fingerprint density at radius 3 is 2.79 bits per heavy atom. The first-order valence-electron chi connectivity index (χ1n) is 9.43. The molecule has 3 heterocycles. The molecule has 0 aliphatic carbocycles.